The van der Waals surface area contributed by atoms with Gasteiger partial charge in [0, 0.05) is 31.4 Å². The number of nitrogens with zero attached hydrogens (tertiary/aromatic N) is 1. The first-order chi connectivity index (χ1) is 9.01. The maximum Gasteiger partial charge on any atom is 0.0678 e. The number of nitrogens with one attached hydrogen (secondary N) is 1. The van der Waals surface area contributed by atoms with E-state index in [4.69, 9.17) is 4.74 Å². The zero-order valence-corrected chi connectivity index (χ0v) is 12.6. The number of benzene rings is 1. The Balaban J connectivity index is 2.08. The number of fused-ring (bicyclic) bond motifs is 1. The first kappa shape index (κ1) is 14.4. The van der Waals surface area contributed by atoms with Gasteiger partial charge >= 0.3 is 0 Å². The molecule has 0 saturated carbocycles. The highest BCUT2D eigenvalue weighted by molar-refractivity contribution is 5.58. The molecule has 0 saturated heterocycles. The maximum absolute atomic E-state index is 5.41. The van der Waals surface area contributed by atoms with Crippen LogP contribution in [0.5, 0.6) is 0 Å². The number of hydrogen-bond donors (Lipinski definition) is 1. The lowest BCUT2D eigenvalue weighted by molar-refractivity contribution is 0.172. The van der Waals surface area contributed by atoms with E-state index in [-0.39, 0.29) is 5.54 Å². The average Bonchev–Trinajstić information content (AvgIpc) is 2.77. The third kappa shape index (κ3) is 3.71. The number of anilines is 1. The molecule has 1 aliphatic rings. The molecule has 0 bridgehead atoms. The summed E-state index contributed by atoms with van der Waals surface area (Å²) >= 11 is 0. The van der Waals surface area contributed by atoms with Crippen LogP contribution in [0.3, 0.4) is 0 Å². The van der Waals surface area contributed by atoms with Crippen LogP contribution in [0.15, 0.2) is 24.3 Å². The van der Waals surface area contributed by atoms with Gasteiger partial charge in [-0.05, 0) is 38.8 Å². The minimum Gasteiger partial charge on any atom is -0.383 e. The molecule has 0 fully saturated rings. The Labute approximate surface area is 116 Å². The molecule has 1 heterocycles. The van der Waals surface area contributed by atoms with Crippen molar-refractivity contribution in [2.45, 2.75) is 38.8 Å². The Morgan fingerprint density at radius 3 is 2.74 bits per heavy atom. The van der Waals surface area contributed by atoms with Crippen LogP contribution in [0.1, 0.15) is 26.3 Å². The van der Waals surface area contributed by atoms with Crippen molar-refractivity contribution < 1.29 is 4.74 Å². The molecule has 0 amide bonds. The Morgan fingerprint density at radius 1 is 1.32 bits per heavy atom. The highest BCUT2D eigenvalue weighted by Crippen LogP contribution is 2.29. The fourth-order valence-electron chi connectivity index (χ4n) is 2.62. The molecule has 3 heteroatoms. The fraction of sp³-hybridized carbons (Fsp3) is 0.625. The van der Waals surface area contributed by atoms with Crippen LogP contribution >= 0.6 is 0 Å². The first-order valence-electron chi connectivity index (χ1n) is 7.10. The number of rotatable bonds is 5. The summed E-state index contributed by atoms with van der Waals surface area (Å²) in [5, 5.41) is 3.59. The predicted octanol–water partition coefficient (Wildman–Crippen LogP) is 2.45. The molecule has 1 aliphatic heterocycles. The Kier molecular flexibility index (Phi) is 4.48. The fourth-order valence-corrected chi connectivity index (χ4v) is 2.62. The summed E-state index contributed by atoms with van der Waals surface area (Å²) in [6.07, 6.45) is 1.14. The molecule has 1 aromatic rings. The highest BCUT2D eigenvalue weighted by Gasteiger charge is 2.26. The van der Waals surface area contributed by atoms with Crippen LogP contribution in [0.25, 0.3) is 0 Å². The second-order valence-electron chi connectivity index (χ2n) is 6.31. The second kappa shape index (κ2) is 5.93. The number of hydrogen-bond acceptors (Lipinski definition) is 3. The number of para-hydroxylation sites is 1. The van der Waals surface area contributed by atoms with E-state index in [0.717, 1.165) is 26.1 Å². The highest BCUT2D eigenvalue weighted by atomic mass is 16.5. The quantitative estimate of drug-likeness (QED) is 0.882. The molecule has 1 aromatic carbocycles. The third-order valence-electron chi connectivity index (χ3n) is 3.59. The maximum atomic E-state index is 5.41. The van der Waals surface area contributed by atoms with Gasteiger partial charge in [0.05, 0.1) is 12.6 Å². The molecule has 106 valence electrons. The zero-order valence-electron chi connectivity index (χ0n) is 12.6. The summed E-state index contributed by atoms with van der Waals surface area (Å²) in [5.41, 5.74) is 2.98. The van der Waals surface area contributed by atoms with Gasteiger partial charge in [0.25, 0.3) is 0 Å². The SMILES string of the molecule is COCC(CNC(C)(C)C)N1CCc2ccccc21. The molecular weight excluding hydrogens is 236 g/mol. The van der Waals surface area contributed by atoms with Crippen molar-refractivity contribution in [3.63, 3.8) is 0 Å². The van der Waals surface area contributed by atoms with E-state index < -0.39 is 0 Å². The number of methoxy groups -OCH3 is 1. The van der Waals surface area contributed by atoms with Gasteiger partial charge < -0.3 is 15.0 Å². The summed E-state index contributed by atoms with van der Waals surface area (Å²) in [7, 11) is 1.78. The van der Waals surface area contributed by atoms with E-state index in [1.54, 1.807) is 7.11 Å². The van der Waals surface area contributed by atoms with Crippen LogP contribution in [0.4, 0.5) is 5.69 Å². The molecule has 1 atom stereocenters. The van der Waals surface area contributed by atoms with Crippen LogP contribution in [0, 0.1) is 0 Å². The van der Waals surface area contributed by atoms with E-state index in [1.807, 2.05) is 0 Å². The minimum absolute atomic E-state index is 0.144. The molecule has 0 radical (unpaired) electrons. The smallest absolute Gasteiger partial charge is 0.0678 e. The van der Waals surface area contributed by atoms with E-state index >= 15 is 0 Å². The monoisotopic (exact) mass is 262 g/mol. The molecule has 1 N–H and O–H groups in total. The average molecular weight is 262 g/mol. The largest absolute Gasteiger partial charge is 0.383 e. The Morgan fingerprint density at radius 2 is 2.05 bits per heavy atom. The van der Waals surface area contributed by atoms with E-state index in [2.05, 4.69) is 55.3 Å². The summed E-state index contributed by atoms with van der Waals surface area (Å²) in [5.74, 6) is 0. The number of ether oxygens (including phenoxy) is 1. The third-order valence-corrected chi connectivity index (χ3v) is 3.59. The van der Waals surface area contributed by atoms with Crippen LogP contribution < -0.4 is 10.2 Å². The molecule has 2 rings (SSSR count). The Hall–Kier alpha value is -1.06. The summed E-state index contributed by atoms with van der Waals surface area (Å²) in [6, 6.07) is 9.10. The van der Waals surface area contributed by atoms with Crippen LogP contribution in [-0.2, 0) is 11.2 Å². The lowest BCUT2D eigenvalue weighted by Crippen LogP contribution is -2.49. The molecule has 19 heavy (non-hydrogen) atoms. The van der Waals surface area contributed by atoms with Gasteiger partial charge in [0.1, 0.15) is 0 Å². The lowest BCUT2D eigenvalue weighted by Gasteiger charge is -2.33. The normalized spacial score (nSPS) is 16.5. The first-order valence-corrected chi connectivity index (χ1v) is 7.10. The van der Waals surface area contributed by atoms with Crippen molar-refractivity contribution in [2.24, 2.45) is 0 Å². The van der Waals surface area contributed by atoms with Gasteiger partial charge in [-0.25, -0.2) is 0 Å². The topological polar surface area (TPSA) is 24.5 Å². The van der Waals surface area contributed by atoms with Gasteiger partial charge in [-0.1, -0.05) is 18.2 Å². The molecule has 1 unspecified atom stereocenters. The second-order valence-corrected chi connectivity index (χ2v) is 6.31. The Bertz CT molecular complexity index is 411. The molecule has 0 spiro atoms. The minimum atomic E-state index is 0.144. The molecule has 0 aliphatic carbocycles. The van der Waals surface area contributed by atoms with Crippen molar-refractivity contribution in [1.29, 1.82) is 0 Å². The van der Waals surface area contributed by atoms with Gasteiger partial charge in [-0.3, -0.25) is 0 Å². The van der Waals surface area contributed by atoms with Crippen LogP contribution in [0.2, 0.25) is 0 Å². The standard InChI is InChI=1S/C16H26N2O/c1-16(2,3)17-11-14(12-19-4)18-10-9-13-7-5-6-8-15(13)18/h5-8,14,17H,9-12H2,1-4H3. The van der Waals surface area contributed by atoms with Crippen molar-refractivity contribution in [2.75, 3.05) is 31.7 Å². The van der Waals surface area contributed by atoms with Crippen molar-refractivity contribution in [3.05, 3.63) is 29.8 Å². The molecule has 0 aromatic heterocycles. The van der Waals surface area contributed by atoms with Crippen LogP contribution in [-0.4, -0.2) is 38.4 Å². The van der Waals surface area contributed by atoms with Gasteiger partial charge in [0.15, 0.2) is 0 Å². The molecular formula is C16H26N2O. The van der Waals surface area contributed by atoms with Gasteiger partial charge in [-0.15, -0.1) is 0 Å². The van der Waals surface area contributed by atoms with E-state index in [1.165, 1.54) is 11.3 Å². The summed E-state index contributed by atoms with van der Waals surface area (Å²) < 4.78 is 5.41. The summed E-state index contributed by atoms with van der Waals surface area (Å²) in [4.78, 5) is 2.48. The van der Waals surface area contributed by atoms with Gasteiger partial charge in [-0.2, -0.15) is 0 Å². The summed E-state index contributed by atoms with van der Waals surface area (Å²) in [6.45, 7) is 9.42. The van der Waals surface area contributed by atoms with E-state index in [0.29, 0.717) is 6.04 Å². The van der Waals surface area contributed by atoms with Crippen molar-refractivity contribution in [3.8, 4) is 0 Å². The zero-order chi connectivity index (χ0) is 13.9. The lowest BCUT2D eigenvalue weighted by atomic mass is 10.1. The molecule has 3 nitrogen and oxygen atoms in total. The predicted molar refractivity (Wildman–Crippen MR) is 80.9 cm³/mol. The van der Waals surface area contributed by atoms with Crippen molar-refractivity contribution >= 4 is 5.69 Å². The van der Waals surface area contributed by atoms with E-state index in [9.17, 15) is 0 Å². The van der Waals surface area contributed by atoms with Crippen molar-refractivity contribution in [1.82, 2.24) is 5.32 Å². The van der Waals surface area contributed by atoms with Gasteiger partial charge in [0.2, 0.25) is 0 Å².